The number of sulfonamides is 1. The summed E-state index contributed by atoms with van der Waals surface area (Å²) in [5, 5.41) is 0. The maximum atomic E-state index is 13.4. The second-order valence-corrected chi connectivity index (χ2v) is 13.1. The van der Waals surface area contributed by atoms with Gasteiger partial charge in [-0.25, -0.2) is 23.0 Å². The summed E-state index contributed by atoms with van der Waals surface area (Å²) in [7, 11) is -3.40. The molecule has 10 heteroatoms. The van der Waals surface area contributed by atoms with Gasteiger partial charge in [-0.05, 0) is 93.4 Å². The normalized spacial score (nSPS) is 31.6. The van der Waals surface area contributed by atoms with E-state index in [2.05, 4.69) is 0 Å². The summed E-state index contributed by atoms with van der Waals surface area (Å²) in [6, 6.07) is 4.08. The molecular formula is C25H29N3O6S. The van der Waals surface area contributed by atoms with Gasteiger partial charge in [-0.1, -0.05) is 0 Å². The van der Waals surface area contributed by atoms with Crippen molar-refractivity contribution in [1.82, 2.24) is 9.80 Å². The first-order chi connectivity index (χ1) is 16.6. The molecule has 0 spiro atoms. The second-order valence-electron chi connectivity index (χ2n) is 10.9. The van der Waals surface area contributed by atoms with Crippen LogP contribution >= 0.6 is 0 Å². The molecule has 4 bridgehead atoms. The van der Waals surface area contributed by atoms with Gasteiger partial charge < -0.3 is 0 Å². The predicted molar refractivity (Wildman–Crippen MR) is 126 cm³/mol. The van der Waals surface area contributed by atoms with Crippen LogP contribution in [0.4, 0.5) is 10.5 Å². The van der Waals surface area contributed by atoms with Gasteiger partial charge in [0, 0.05) is 12.1 Å². The average molecular weight is 500 g/mol. The van der Waals surface area contributed by atoms with E-state index in [4.69, 9.17) is 0 Å². The zero-order chi connectivity index (χ0) is 24.7. The number of nitrogens with zero attached hydrogens (tertiary/aromatic N) is 3. The molecule has 2 heterocycles. The Bertz CT molecular complexity index is 1240. The predicted octanol–water partition coefficient (Wildman–Crippen LogP) is 2.34. The molecule has 35 heavy (non-hydrogen) atoms. The standard InChI is InChI=1S/C25H29N3O6S/c1-2-35(33,34)27-6-5-18-10-19(3-4-20(18)27)21(29)14-26-22(30)23(31)28(24(26)32)25-11-15-7-16(12-25)9-17(8-15)13-25/h3-4,10,15-17H,2,5-9,11-14H2,1H3. The minimum Gasteiger partial charge on any atom is -0.292 e. The fraction of sp³-hybridized carbons (Fsp3) is 0.600. The molecule has 0 N–H and O–H groups in total. The van der Waals surface area contributed by atoms with Crippen LogP contribution in [0.2, 0.25) is 0 Å². The first-order valence-electron chi connectivity index (χ1n) is 12.5. The lowest BCUT2D eigenvalue weighted by atomic mass is 9.52. The summed E-state index contributed by atoms with van der Waals surface area (Å²) in [5.74, 6) is -0.716. The van der Waals surface area contributed by atoms with Crippen molar-refractivity contribution in [2.24, 2.45) is 17.8 Å². The zero-order valence-electron chi connectivity index (χ0n) is 19.7. The molecule has 2 aliphatic heterocycles. The number of rotatable bonds is 6. The van der Waals surface area contributed by atoms with Gasteiger partial charge in [0.05, 0.1) is 23.5 Å². The summed E-state index contributed by atoms with van der Waals surface area (Å²) in [6.45, 7) is 1.41. The average Bonchev–Trinajstić information content (AvgIpc) is 3.33. The quantitative estimate of drug-likeness (QED) is 0.337. The van der Waals surface area contributed by atoms with Crippen LogP contribution in [0.15, 0.2) is 18.2 Å². The molecule has 186 valence electrons. The molecule has 0 aromatic heterocycles. The van der Waals surface area contributed by atoms with E-state index >= 15 is 0 Å². The number of urea groups is 1. The van der Waals surface area contributed by atoms with Gasteiger partial charge in [0.2, 0.25) is 10.0 Å². The van der Waals surface area contributed by atoms with Crippen molar-refractivity contribution in [3.63, 3.8) is 0 Å². The number of imide groups is 2. The SMILES string of the molecule is CCS(=O)(=O)N1CCc2cc(C(=O)CN3C(=O)C(=O)N(C45CC6CC(CC(C6)C4)C5)C3=O)ccc21. The van der Waals surface area contributed by atoms with E-state index < -0.39 is 45.7 Å². The lowest BCUT2D eigenvalue weighted by Crippen LogP contribution is -2.62. The largest absolute Gasteiger partial charge is 0.335 e. The maximum absolute atomic E-state index is 13.4. The highest BCUT2D eigenvalue weighted by atomic mass is 32.2. The van der Waals surface area contributed by atoms with Crippen LogP contribution in [-0.2, 0) is 26.0 Å². The number of fused-ring (bicyclic) bond motifs is 1. The van der Waals surface area contributed by atoms with Crippen molar-refractivity contribution in [3.8, 4) is 0 Å². The molecule has 1 saturated heterocycles. The summed E-state index contributed by atoms with van der Waals surface area (Å²) in [5.41, 5.74) is 0.997. The Hall–Kier alpha value is -2.75. The van der Waals surface area contributed by atoms with Gasteiger partial charge in [-0.15, -0.1) is 0 Å². The molecular weight excluding hydrogens is 470 g/mol. The van der Waals surface area contributed by atoms with E-state index in [0.29, 0.717) is 42.0 Å². The van der Waals surface area contributed by atoms with Gasteiger partial charge in [0.1, 0.15) is 0 Å². The number of hydrogen-bond acceptors (Lipinski definition) is 6. The number of Topliss-reactive ketones (excluding diaryl/α,β-unsaturated/α-hetero) is 1. The van der Waals surface area contributed by atoms with E-state index in [1.165, 1.54) is 15.3 Å². The highest BCUT2D eigenvalue weighted by molar-refractivity contribution is 7.92. The lowest BCUT2D eigenvalue weighted by molar-refractivity contribution is -0.149. The van der Waals surface area contributed by atoms with Crippen LogP contribution in [0.1, 0.15) is 61.4 Å². The van der Waals surface area contributed by atoms with E-state index in [0.717, 1.165) is 49.0 Å². The molecule has 0 radical (unpaired) electrons. The van der Waals surface area contributed by atoms with Crippen LogP contribution in [0.3, 0.4) is 0 Å². The fourth-order valence-corrected chi connectivity index (χ4v) is 8.79. The number of carbonyl (C=O) groups excluding carboxylic acids is 4. The molecule has 9 nitrogen and oxygen atoms in total. The third-order valence-corrected chi connectivity index (χ3v) is 10.6. The first-order valence-corrected chi connectivity index (χ1v) is 14.1. The van der Waals surface area contributed by atoms with Crippen LogP contribution in [0.5, 0.6) is 0 Å². The van der Waals surface area contributed by atoms with Gasteiger partial charge in [0.15, 0.2) is 5.78 Å². The van der Waals surface area contributed by atoms with Gasteiger partial charge in [0.25, 0.3) is 0 Å². The number of carbonyl (C=O) groups is 4. The van der Waals surface area contributed by atoms with Crippen molar-refractivity contribution >= 4 is 39.3 Å². The molecule has 4 amide bonds. The molecule has 6 aliphatic rings. The van der Waals surface area contributed by atoms with E-state index in [9.17, 15) is 27.6 Å². The van der Waals surface area contributed by atoms with Crippen LogP contribution in [0.25, 0.3) is 0 Å². The summed E-state index contributed by atoms with van der Waals surface area (Å²) in [6.07, 6.45) is 6.17. The van der Waals surface area contributed by atoms with Crippen molar-refractivity contribution in [1.29, 1.82) is 0 Å². The number of benzene rings is 1. The highest BCUT2D eigenvalue weighted by Crippen LogP contribution is 2.58. The minimum atomic E-state index is -3.40. The summed E-state index contributed by atoms with van der Waals surface area (Å²) >= 11 is 0. The smallest absolute Gasteiger partial charge is 0.292 e. The van der Waals surface area contributed by atoms with Crippen LogP contribution in [0, 0.1) is 17.8 Å². The van der Waals surface area contributed by atoms with E-state index in [1.807, 2.05) is 0 Å². The number of anilines is 1. The van der Waals surface area contributed by atoms with Crippen LogP contribution in [-0.4, -0.2) is 66.2 Å². The van der Waals surface area contributed by atoms with Crippen molar-refractivity contribution in [3.05, 3.63) is 29.3 Å². The number of amides is 4. The monoisotopic (exact) mass is 499 g/mol. The Morgan fingerprint density at radius 2 is 1.63 bits per heavy atom. The molecule has 5 fully saturated rings. The van der Waals surface area contributed by atoms with Gasteiger partial charge >= 0.3 is 17.8 Å². The summed E-state index contributed by atoms with van der Waals surface area (Å²) < 4.78 is 26.0. The van der Waals surface area contributed by atoms with Gasteiger partial charge in [-0.2, -0.15) is 0 Å². The Morgan fingerprint density at radius 1 is 1.00 bits per heavy atom. The van der Waals surface area contributed by atoms with E-state index in [-0.39, 0.29) is 5.75 Å². The Labute approximate surface area is 204 Å². The number of ketones is 1. The third-order valence-electron chi connectivity index (χ3n) is 8.79. The zero-order valence-corrected chi connectivity index (χ0v) is 20.6. The Morgan fingerprint density at radius 3 is 2.23 bits per heavy atom. The molecule has 4 aliphatic carbocycles. The first kappa shape index (κ1) is 22.7. The molecule has 7 rings (SSSR count). The van der Waals surface area contributed by atoms with Crippen molar-refractivity contribution in [2.75, 3.05) is 23.1 Å². The minimum absolute atomic E-state index is 0.0133. The summed E-state index contributed by atoms with van der Waals surface area (Å²) in [4.78, 5) is 54.3. The molecule has 0 unspecified atom stereocenters. The highest BCUT2D eigenvalue weighted by Gasteiger charge is 2.61. The van der Waals surface area contributed by atoms with Crippen molar-refractivity contribution < 1.29 is 27.6 Å². The lowest BCUT2D eigenvalue weighted by Gasteiger charge is -2.58. The fourth-order valence-electron chi connectivity index (χ4n) is 7.63. The maximum Gasteiger partial charge on any atom is 0.335 e. The van der Waals surface area contributed by atoms with Crippen molar-refractivity contribution in [2.45, 2.75) is 57.4 Å². The number of hydrogen-bond donors (Lipinski definition) is 0. The molecule has 0 atom stereocenters. The van der Waals surface area contributed by atoms with Gasteiger partial charge in [-0.3, -0.25) is 18.7 Å². The Balaban J connectivity index is 1.22. The molecule has 4 saturated carbocycles. The molecule has 1 aromatic carbocycles. The van der Waals surface area contributed by atoms with E-state index in [1.54, 1.807) is 19.1 Å². The third kappa shape index (κ3) is 3.36. The Kier molecular flexibility index (Phi) is 4.94. The van der Waals surface area contributed by atoms with Crippen LogP contribution < -0.4 is 4.31 Å². The topological polar surface area (TPSA) is 112 Å². The second kappa shape index (κ2) is 7.62. The molecule has 1 aromatic rings.